The number of carbonyl (C=O) groups is 1. The number of alkyl halides is 3. The number of rotatable bonds is 3. The fourth-order valence-corrected chi connectivity index (χ4v) is 2.60. The van der Waals surface area contributed by atoms with Crippen molar-refractivity contribution in [1.82, 2.24) is 4.57 Å². The Morgan fingerprint density at radius 2 is 1.92 bits per heavy atom. The van der Waals surface area contributed by atoms with Crippen LogP contribution in [0.3, 0.4) is 0 Å². The summed E-state index contributed by atoms with van der Waals surface area (Å²) >= 11 is 0. The van der Waals surface area contributed by atoms with Crippen LogP contribution >= 0.6 is 0 Å². The predicted molar refractivity (Wildman–Crippen MR) is 86.7 cm³/mol. The summed E-state index contributed by atoms with van der Waals surface area (Å²) in [5.41, 5.74) is 0.376. The van der Waals surface area contributed by atoms with Crippen LogP contribution in [0.4, 0.5) is 18.9 Å². The van der Waals surface area contributed by atoms with E-state index in [2.05, 4.69) is 11.4 Å². The molecule has 7 heteroatoms. The maximum atomic E-state index is 12.7. The van der Waals surface area contributed by atoms with E-state index in [1.807, 2.05) is 0 Å². The molecular formula is C18H12F3N3O. The van der Waals surface area contributed by atoms with Gasteiger partial charge in [0.25, 0.3) is 0 Å². The van der Waals surface area contributed by atoms with Gasteiger partial charge in [-0.15, -0.1) is 0 Å². The molecule has 0 aliphatic carbocycles. The summed E-state index contributed by atoms with van der Waals surface area (Å²) in [5, 5.41) is 12.3. The van der Waals surface area contributed by atoms with E-state index in [4.69, 9.17) is 5.26 Å². The quantitative estimate of drug-likeness (QED) is 0.776. The first-order valence-electron chi connectivity index (χ1n) is 7.33. The second-order valence-corrected chi connectivity index (χ2v) is 5.43. The molecule has 3 rings (SSSR count). The SMILES string of the molecule is N#Cc1cn(CC(=O)Nc2cccc(C(F)(F)F)c2)c2ccccc12. The fraction of sp³-hybridized carbons (Fsp3) is 0.111. The lowest BCUT2D eigenvalue weighted by atomic mass is 10.2. The first kappa shape index (κ1) is 16.6. The Hall–Kier alpha value is -3.27. The number of anilines is 1. The van der Waals surface area contributed by atoms with Crippen molar-refractivity contribution in [2.45, 2.75) is 12.7 Å². The van der Waals surface area contributed by atoms with Gasteiger partial charge >= 0.3 is 6.18 Å². The number of nitrogens with one attached hydrogen (secondary N) is 1. The van der Waals surface area contributed by atoms with E-state index in [-0.39, 0.29) is 12.2 Å². The molecule has 0 fully saturated rings. The van der Waals surface area contributed by atoms with Gasteiger partial charge in [-0.25, -0.2) is 0 Å². The molecule has 0 saturated heterocycles. The van der Waals surface area contributed by atoms with Crippen LogP contribution in [0.1, 0.15) is 11.1 Å². The highest BCUT2D eigenvalue weighted by Gasteiger charge is 2.30. The summed E-state index contributed by atoms with van der Waals surface area (Å²) in [7, 11) is 0. The highest BCUT2D eigenvalue weighted by atomic mass is 19.4. The number of nitriles is 1. The Labute approximate surface area is 141 Å². The van der Waals surface area contributed by atoms with E-state index in [9.17, 15) is 18.0 Å². The third-order valence-electron chi connectivity index (χ3n) is 3.70. The average Bonchev–Trinajstić information content (AvgIpc) is 2.92. The van der Waals surface area contributed by atoms with Gasteiger partial charge in [-0.3, -0.25) is 4.79 Å². The number of fused-ring (bicyclic) bond motifs is 1. The standard InChI is InChI=1S/C18H12F3N3O/c19-18(20,21)13-4-3-5-14(8-13)23-17(25)11-24-10-12(9-22)15-6-1-2-7-16(15)24/h1-8,10H,11H2,(H,23,25). The lowest BCUT2D eigenvalue weighted by molar-refractivity contribution is -0.137. The normalized spacial score (nSPS) is 11.3. The number of amides is 1. The van der Waals surface area contributed by atoms with Crippen LogP contribution in [0.2, 0.25) is 0 Å². The molecule has 2 aromatic carbocycles. The van der Waals surface area contributed by atoms with Crippen molar-refractivity contribution in [1.29, 1.82) is 5.26 Å². The van der Waals surface area contributed by atoms with Crippen molar-refractivity contribution in [3.8, 4) is 6.07 Å². The number of benzene rings is 2. The van der Waals surface area contributed by atoms with E-state index >= 15 is 0 Å². The molecule has 1 amide bonds. The molecule has 0 atom stereocenters. The van der Waals surface area contributed by atoms with E-state index in [0.29, 0.717) is 11.1 Å². The fourth-order valence-electron chi connectivity index (χ4n) is 2.60. The first-order chi connectivity index (χ1) is 11.9. The molecule has 0 aliphatic heterocycles. The van der Waals surface area contributed by atoms with E-state index < -0.39 is 17.6 Å². The molecule has 0 bridgehead atoms. The predicted octanol–water partition coefficient (Wildman–Crippen LogP) is 4.17. The summed E-state index contributed by atoms with van der Waals surface area (Å²) in [6.07, 6.45) is -2.92. The topological polar surface area (TPSA) is 57.8 Å². The van der Waals surface area contributed by atoms with Gasteiger partial charge in [0.15, 0.2) is 0 Å². The van der Waals surface area contributed by atoms with Crippen LogP contribution in [0.25, 0.3) is 10.9 Å². The molecule has 4 nitrogen and oxygen atoms in total. The Kier molecular flexibility index (Phi) is 4.19. The Morgan fingerprint density at radius 3 is 2.64 bits per heavy atom. The smallest absolute Gasteiger partial charge is 0.337 e. The molecule has 0 radical (unpaired) electrons. The third-order valence-corrected chi connectivity index (χ3v) is 3.70. The molecule has 0 aliphatic rings. The molecule has 25 heavy (non-hydrogen) atoms. The molecule has 0 saturated carbocycles. The Morgan fingerprint density at radius 1 is 1.16 bits per heavy atom. The average molecular weight is 343 g/mol. The van der Waals surface area contributed by atoms with Gasteiger partial charge in [0, 0.05) is 22.8 Å². The maximum Gasteiger partial charge on any atom is 0.416 e. The van der Waals surface area contributed by atoms with Gasteiger partial charge in [-0.2, -0.15) is 18.4 Å². The number of halogens is 3. The number of hydrogen-bond acceptors (Lipinski definition) is 2. The van der Waals surface area contributed by atoms with Crippen molar-refractivity contribution in [3.05, 3.63) is 65.9 Å². The zero-order valence-corrected chi connectivity index (χ0v) is 12.8. The van der Waals surface area contributed by atoms with Crippen LogP contribution in [0.5, 0.6) is 0 Å². The van der Waals surface area contributed by atoms with Gasteiger partial charge in [0.2, 0.25) is 5.91 Å². The van der Waals surface area contributed by atoms with E-state index in [1.165, 1.54) is 12.1 Å². The lowest BCUT2D eigenvalue weighted by Gasteiger charge is -2.10. The number of hydrogen-bond donors (Lipinski definition) is 1. The van der Waals surface area contributed by atoms with Crippen LogP contribution in [0.15, 0.2) is 54.7 Å². The van der Waals surface area contributed by atoms with Crippen molar-refractivity contribution >= 4 is 22.5 Å². The Balaban J connectivity index is 1.81. The highest BCUT2D eigenvalue weighted by Crippen LogP contribution is 2.30. The van der Waals surface area contributed by atoms with Crippen molar-refractivity contribution in [2.75, 3.05) is 5.32 Å². The summed E-state index contributed by atoms with van der Waals surface area (Å²) in [4.78, 5) is 12.2. The summed E-state index contributed by atoms with van der Waals surface area (Å²) in [6, 6.07) is 13.6. The molecule has 1 heterocycles. The van der Waals surface area contributed by atoms with E-state index in [1.54, 1.807) is 35.0 Å². The minimum absolute atomic E-state index is 0.0665. The van der Waals surface area contributed by atoms with Gasteiger partial charge in [0.1, 0.15) is 12.6 Å². The number of carbonyl (C=O) groups excluding carboxylic acids is 1. The molecule has 1 N–H and O–H groups in total. The van der Waals surface area contributed by atoms with Crippen LogP contribution in [-0.4, -0.2) is 10.5 Å². The second kappa shape index (κ2) is 6.32. The molecule has 126 valence electrons. The molecule has 3 aromatic rings. The lowest BCUT2D eigenvalue weighted by Crippen LogP contribution is -2.18. The summed E-state index contributed by atoms with van der Waals surface area (Å²) < 4.78 is 39.8. The van der Waals surface area contributed by atoms with Gasteiger partial charge < -0.3 is 9.88 Å². The maximum absolute atomic E-state index is 12.7. The van der Waals surface area contributed by atoms with Crippen LogP contribution < -0.4 is 5.32 Å². The molecular weight excluding hydrogens is 331 g/mol. The minimum atomic E-state index is -4.47. The van der Waals surface area contributed by atoms with Gasteiger partial charge in [-0.05, 0) is 24.3 Å². The highest BCUT2D eigenvalue weighted by molar-refractivity contribution is 5.93. The number of aromatic nitrogens is 1. The summed E-state index contributed by atoms with van der Waals surface area (Å²) in [5.74, 6) is -0.482. The largest absolute Gasteiger partial charge is 0.416 e. The van der Waals surface area contributed by atoms with Crippen LogP contribution in [0, 0.1) is 11.3 Å². The molecule has 1 aromatic heterocycles. The van der Waals surface area contributed by atoms with Gasteiger partial charge in [-0.1, -0.05) is 24.3 Å². The van der Waals surface area contributed by atoms with Crippen molar-refractivity contribution in [3.63, 3.8) is 0 Å². The van der Waals surface area contributed by atoms with Crippen molar-refractivity contribution < 1.29 is 18.0 Å². The zero-order chi connectivity index (χ0) is 18.0. The monoisotopic (exact) mass is 343 g/mol. The third kappa shape index (κ3) is 3.48. The zero-order valence-electron chi connectivity index (χ0n) is 12.8. The molecule has 0 spiro atoms. The number of nitrogens with zero attached hydrogens (tertiary/aromatic N) is 2. The minimum Gasteiger partial charge on any atom is -0.337 e. The first-order valence-corrected chi connectivity index (χ1v) is 7.33. The summed E-state index contributed by atoms with van der Waals surface area (Å²) in [6.45, 7) is -0.113. The second-order valence-electron chi connectivity index (χ2n) is 5.43. The van der Waals surface area contributed by atoms with Crippen molar-refractivity contribution in [2.24, 2.45) is 0 Å². The Bertz CT molecular complexity index is 983. The van der Waals surface area contributed by atoms with Gasteiger partial charge in [0.05, 0.1) is 11.1 Å². The number of para-hydroxylation sites is 1. The molecule has 0 unspecified atom stereocenters. The van der Waals surface area contributed by atoms with E-state index in [0.717, 1.165) is 17.5 Å². The van der Waals surface area contributed by atoms with Crippen LogP contribution in [-0.2, 0) is 17.5 Å².